The van der Waals surface area contributed by atoms with Crippen LogP contribution < -0.4 is 20.1 Å². The van der Waals surface area contributed by atoms with E-state index in [2.05, 4.69) is 15.6 Å². The van der Waals surface area contributed by atoms with Gasteiger partial charge in [0.25, 0.3) is 0 Å². The van der Waals surface area contributed by atoms with Crippen LogP contribution in [-0.4, -0.2) is 39.4 Å². The highest BCUT2D eigenvalue weighted by Crippen LogP contribution is 2.30. The van der Waals surface area contributed by atoms with Crippen LogP contribution in [-0.2, 0) is 11.3 Å². The van der Waals surface area contributed by atoms with Gasteiger partial charge in [0.1, 0.15) is 0 Å². The van der Waals surface area contributed by atoms with E-state index < -0.39 is 0 Å². The summed E-state index contributed by atoms with van der Waals surface area (Å²) < 4.78 is 16.6. The first-order valence-electron chi connectivity index (χ1n) is 9.24. The lowest BCUT2D eigenvalue weighted by molar-refractivity contribution is 0.128. The number of nitrogens with one attached hydrogen (secondary N) is 2. The molecule has 0 fully saturated rings. The highest BCUT2D eigenvalue weighted by molar-refractivity contribution is 5.93. The minimum Gasteiger partial charge on any atom is -0.493 e. The van der Waals surface area contributed by atoms with Crippen molar-refractivity contribution < 1.29 is 14.2 Å². The van der Waals surface area contributed by atoms with Crippen LogP contribution in [0.4, 0.5) is 5.69 Å². The Morgan fingerprint density at radius 1 is 1.04 bits per heavy atom. The maximum Gasteiger partial charge on any atom is 0.195 e. The Morgan fingerprint density at radius 3 is 2.56 bits per heavy atom. The second-order valence-electron chi connectivity index (χ2n) is 5.72. The SMILES string of the molecule is CCNC(=NCCOCc1ccccc1)Nc1ccc(OCC)c(OC)c1. The summed E-state index contributed by atoms with van der Waals surface area (Å²) in [6, 6.07) is 15.8. The summed E-state index contributed by atoms with van der Waals surface area (Å²) in [5.41, 5.74) is 2.04. The van der Waals surface area contributed by atoms with Crippen molar-refractivity contribution in [3.8, 4) is 11.5 Å². The summed E-state index contributed by atoms with van der Waals surface area (Å²) in [5.74, 6) is 2.11. The van der Waals surface area contributed by atoms with E-state index in [9.17, 15) is 0 Å². The Labute approximate surface area is 161 Å². The molecule has 2 N–H and O–H groups in total. The summed E-state index contributed by atoms with van der Waals surface area (Å²) in [7, 11) is 1.63. The predicted molar refractivity (Wildman–Crippen MR) is 110 cm³/mol. The predicted octanol–water partition coefficient (Wildman–Crippen LogP) is 3.69. The van der Waals surface area contributed by atoms with Gasteiger partial charge in [-0.1, -0.05) is 30.3 Å². The molecule has 0 aliphatic heterocycles. The number of guanidine groups is 1. The second-order valence-corrected chi connectivity index (χ2v) is 5.72. The van der Waals surface area contributed by atoms with E-state index in [-0.39, 0.29) is 0 Å². The molecule has 0 aliphatic carbocycles. The third kappa shape index (κ3) is 7.19. The van der Waals surface area contributed by atoms with E-state index in [4.69, 9.17) is 14.2 Å². The van der Waals surface area contributed by atoms with Gasteiger partial charge in [0, 0.05) is 18.3 Å². The zero-order chi connectivity index (χ0) is 19.3. The number of hydrogen-bond donors (Lipinski definition) is 2. The summed E-state index contributed by atoms with van der Waals surface area (Å²) in [4.78, 5) is 4.55. The lowest BCUT2D eigenvalue weighted by Crippen LogP contribution is -2.31. The normalized spacial score (nSPS) is 11.1. The first-order chi connectivity index (χ1) is 13.3. The van der Waals surface area contributed by atoms with Gasteiger partial charge in [-0.15, -0.1) is 0 Å². The van der Waals surface area contributed by atoms with Gasteiger partial charge in [-0.25, -0.2) is 0 Å². The van der Waals surface area contributed by atoms with Gasteiger partial charge in [0.15, 0.2) is 17.5 Å². The molecule has 0 radical (unpaired) electrons. The van der Waals surface area contributed by atoms with E-state index in [0.717, 1.165) is 23.5 Å². The molecule has 0 atom stereocenters. The van der Waals surface area contributed by atoms with Crippen molar-refractivity contribution in [2.75, 3.05) is 38.7 Å². The molecule has 27 heavy (non-hydrogen) atoms. The minimum absolute atomic E-state index is 0.554. The van der Waals surface area contributed by atoms with Crippen molar-refractivity contribution >= 4 is 11.6 Å². The first kappa shape index (κ1) is 20.6. The molecule has 0 aromatic heterocycles. The van der Waals surface area contributed by atoms with Crippen molar-refractivity contribution in [3.63, 3.8) is 0 Å². The lowest BCUT2D eigenvalue weighted by atomic mass is 10.2. The molecule has 6 heteroatoms. The van der Waals surface area contributed by atoms with E-state index in [0.29, 0.717) is 38.1 Å². The molecule has 6 nitrogen and oxygen atoms in total. The van der Waals surface area contributed by atoms with Gasteiger partial charge < -0.3 is 24.8 Å². The zero-order valence-electron chi connectivity index (χ0n) is 16.3. The van der Waals surface area contributed by atoms with Crippen LogP contribution in [0.15, 0.2) is 53.5 Å². The number of aliphatic imine (C=N–C) groups is 1. The topological polar surface area (TPSA) is 64.1 Å². The number of benzene rings is 2. The van der Waals surface area contributed by atoms with Crippen molar-refractivity contribution in [1.82, 2.24) is 5.32 Å². The van der Waals surface area contributed by atoms with E-state index in [1.807, 2.05) is 62.4 Å². The molecule has 146 valence electrons. The number of rotatable bonds is 10. The van der Waals surface area contributed by atoms with E-state index >= 15 is 0 Å². The van der Waals surface area contributed by atoms with Crippen LogP contribution in [0, 0.1) is 0 Å². The third-order valence-corrected chi connectivity index (χ3v) is 3.69. The molecule has 0 spiro atoms. The third-order valence-electron chi connectivity index (χ3n) is 3.69. The molecule has 0 aliphatic rings. The summed E-state index contributed by atoms with van der Waals surface area (Å²) in [6.07, 6.45) is 0. The van der Waals surface area contributed by atoms with Gasteiger partial charge in [-0.05, 0) is 31.5 Å². The molecule has 0 saturated heterocycles. The summed E-state index contributed by atoms with van der Waals surface area (Å²) in [5, 5.41) is 6.51. The van der Waals surface area contributed by atoms with Crippen LogP contribution in [0.1, 0.15) is 19.4 Å². The fourth-order valence-corrected chi connectivity index (χ4v) is 2.45. The maximum atomic E-state index is 5.68. The van der Waals surface area contributed by atoms with Gasteiger partial charge in [-0.3, -0.25) is 4.99 Å². The average molecular weight is 371 g/mol. The number of nitrogens with zero attached hydrogens (tertiary/aromatic N) is 1. The molecular weight excluding hydrogens is 342 g/mol. The van der Waals surface area contributed by atoms with Crippen LogP contribution in [0.25, 0.3) is 0 Å². The Bertz CT molecular complexity index is 705. The van der Waals surface area contributed by atoms with Crippen LogP contribution in [0.5, 0.6) is 11.5 Å². The number of methoxy groups -OCH3 is 1. The van der Waals surface area contributed by atoms with Crippen LogP contribution in [0.2, 0.25) is 0 Å². The van der Waals surface area contributed by atoms with Crippen LogP contribution >= 0.6 is 0 Å². The first-order valence-corrected chi connectivity index (χ1v) is 9.24. The fourth-order valence-electron chi connectivity index (χ4n) is 2.45. The van der Waals surface area contributed by atoms with Gasteiger partial charge >= 0.3 is 0 Å². The Balaban J connectivity index is 1.89. The molecule has 0 heterocycles. The molecule has 0 amide bonds. The largest absolute Gasteiger partial charge is 0.493 e. The fraction of sp³-hybridized carbons (Fsp3) is 0.381. The lowest BCUT2D eigenvalue weighted by Gasteiger charge is -2.14. The maximum absolute atomic E-state index is 5.68. The second kappa shape index (κ2) is 11.8. The van der Waals surface area contributed by atoms with Crippen molar-refractivity contribution in [2.24, 2.45) is 4.99 Å². The molecule has 2 aromatic carbocycles. The minimum atomic E-state index is 0.554. The van der Waals surface area contributed by atoms with E-state index in [1.54, 1.807) is 7.11 Å². The van der Waals surface area contributed by atoms with Gasteiger partial charge in [0.2, 0.25) is 0 Å². The van der Waals surface area contributed by atoms with Gasteiger partial charge in [0.05, 0.1) is 33.5 Å². The zero-order valence-corrected chi connectivity index (χ0v) is 16.3. The summed E-state index contributed by atoms with van der Waals surface area (Å²) in [6.45, 7) is 7.05. The molecule has 0 unspecified atom stereocenters. The smallest absolute Gasteiger partial charge is 0.195 e. The quantitative estimate of drug-likeness (QED) is 0.379. The van der Waals surface area contributed by atoms with Crippen molar-refractivity contribution in [2.45, 2.75) is 20.5 Å². The molecule has 0 saturated carbocycles. The number of ether oxygens (including phenoxy) is 3. The van der Waals surface area contributed by atoms with Crippen molar-refractivity contribution in [1.29, 1.82) is 0 Å². The molecule has 2 rings (SSSR count). The van der Waals surface area contributed by atoms with Crippen LogP contribution in [0.3, 0.4) is 0 Å². The Hall–Kier alpha value is -2.73. The van der Waals surface area contributed by atoms with Crippen molar-refractivity contribution in [3.05, 3.63) is 54.1 Å². The standard InChI is InChI=1S/C21H29N3O3/c1-4-22-21(23-13-14-26-16-17-9-7-6-8-10-17)24-18-11-12-19(27-5-2)20(15-18)25-3/h6-12,15H,4-5,13-14,16H2,1-3H3,(H2,22,23,24). The summed E-state index contributed by atoms with van der Waals surface area (Å²) >= 11 is 0. The Morgan fingerprint density at radius 2 is 1.85 bits per heavy atom. The van der Waals surface area contributed by atoms with Gasteiger partial charge in [-0.2, -0.15) is 0 Å². The molecule has 2 aromatic rings. The number of anilines is 1. The highest BCUT2D eigenvalue weighted by atomic mass is 16.5. The monoisotopic (exact) mass is 371 g/mol. The highest BCUT2D eigenvalue weighted by Gasteiger charge is 2.06. The Kier molecular flexibility index (Phi) is 9.00. The molecule has 0 bridgehead atoms. The average Bonchev–Trinajstić information content (AvgIpc) is 2.70. The molecular formula is C21H29N3O3. The van der Waals surface area contributed by atoms with E-state index in [1.165, 1.54) is 0 Å². The number of hydrogen-bond acceptors (Lipinski definition) is 4.